The van der Waals surface area contributed by atoms with E-state index in [1.807, 2.05) is 55.5 Å². The van der Waals surface area contributed by atoms with Gasteiger partial charge in [0.2, 0.25) is 0 Å². The van der Waals surface area contributed by atoms with Crippen LogP contribution in [0.1, 0.15) is 24.1 Å². The normalized spacial score (nSPS) is 11.8. The van der Waals surface area contributed by atoms with Crippen molar-refractivity contribution < 1.29 is 4.79 Å². The van der Waals surface area contributed by atoms with Gasteiger partial charge in [-0.2, -0.15) is 0 Å². The van der Waals surface area contributed by atoms with E-state index in [-0.39, 0.29) is 12.1 Å². The number of hydrogen-bond donors (Lipinski definition) is 1. The van der Waals surface area contributed by atoms with Gasteiger partial charge in [-0.25, -0.2) is 4.79 Å². The molecule has 116 valence electrons. The van der Waals surface area contributed by atoms with E-state index in [0.717, 1.165) is 20.1 Å². The highest BCUT2D eigenvalue weighted by Gasteiger charge is 2.14. The van der Waals surface area contributed by atoms with Gasteiger partial charge in [-0.3, -0.25) is 0 Å². The Morgan fingerprint density at radius 1 is 1.14 bits per heavy atom. The minimum atomic E-state index is -0.0915. The molecule has 2 aromatic rings. The number of halogens is 2. The number of urea groups is 1. The summed E-state index contributed by atoms with van der Waals surface area (Å²) < 4.78 is 2.04. The Hall–Kier alpha value is -1.33. The summed E-state index contributed by atoms with van der Waals surface area (Å²) in [5.74, 6) is 0. The summed E-state index contributed by atoms with van der Waals surface area (Å²) in [6.45, 7) is 2.54. The van der Waals surface area contributed by atoms with Gasteiger partial charge in [0.05, 0.1) is 6.04 Å². The number of benzene rings is 2. The lowest BCUT2D eigenvalue weighted by molar-refractivity contribution is 0.203. The molecule has 3 nitrogen and oxygen atoms in total. The topological polar surface area (TPSA) is 32.3 Å². The van der Waals surface area contributed by atoms with Crippen LogP contribution < -0.4 is 5.32 Å². The van der Waals surface area contributed by atoms with E-state index in [4.69, 9.17) is 0 Å². The SMILES string of the molecule is CC(NC(=O)N(C)Cc1ccccc1Br)c1ccc(Br)cc1. The molecule has 0 bridgehead atoms. The molecule has 0 spiro atoms. The molecule has 2 amide bonds. The number of hydrogen-bond acceptors (Lipinski definition) is 1. The van der Waals surface area contributed by atoms with Crippen LogP contribution in [0.5, 0.6) is 0 Å². The second kappa shape index (κ2) is 7.79. The number of nitrogens with one attached hydrogen (secondary N) is 1. The quantitative estimate of drug-likeness (QED) is 0.724. The molecule has 5 heteroatoms. The lowest BCUT2D eigenvalue weighted by atomic mass is 10.1. The van der Waals surface area contributed by atoms with Gasteiger partial charge in [0.1, 0.15) is 0 Å². The highest BCUT2D eigenvalue weighted by atomic mass is 79.9. The fourth-order valence-corrected chi connectivity index (χ4v) is 2.76. The Morgan fingerprint density at radius 2 is 1.77 bits per heavy atom. The van der Waals surface area contributed by atoms with Crippen LogP contribution >= 0.6 is 31.9 Å². The van der Waals surface area contributed by atoms with E-state index in [0.29, 0.717) is 6.54 Å². The average Bonchev–Trinajstić information content (AvgIpc) is 2.50. The van der Waals surface area contributed by atoms with E-state index in [1.165, 1.54) is 0 Å². The second-order valence-electron chi connectivity index (χ2n) is 5.17. The Labute approximate surface area is 148 Å². The van der Waals surface area contributed by atoms with Crippen molar-refractivity contribution in [1.82, 2.24) is 10.2 Å². The maximum absolute atomic E-state index is 12.3. The van der Waals surface area contributed by atoms with Crippen LogP contribution in [-0.2, 0) is 6.54 Å². The van der Waals surface area contributed by atoms with Gasteiger partial charge >= 0.3 is 6.03 Å². The molecule has 0 fully saturated rings. The van der Waals surface area contributed by atoms with Gasteiger partial charge in [0.15, 0.2) is 0 Å². The maximum Gasteiger partial charge on any atom is 0.317 e. The summed E-state index contributed by atoms with van der Waals surface area (Å²) >= 11 is 6.92. The van der Waals surface area contributed by atoms with E-state index in [1.54, 1.807) is 11.9 Å². The Kier molecular flexibility index (Phi) is 6.03. The lowest BCUT2D eigenvalue weighted by Crippen LogP contribution is -2.38. The van der Waals surface area contributed by atoms with E-state index in [9.17, 15) is 4.79 Å². The largest absolute Gasteiger partial charge is 0.331 e. The van der Waals surface area contributed by atoms with Crippen molar-refractivity contribution in [1.29, 1.82) is 0 Å². The van der Waals surface area contributed by atoms with Crippen molar-refractivity contribution in [2.75, 3.05) is 7.05 Å². The first-order valence-corrected chi connectivity index (χ1v) is 8.56. The first-order valence-electron chi connectivity index (χ1n) is 6.98. The van der Waals surface area contributed by atoms with E-state index < -0.39 is 0 Å². The minimum Gasteiger partial charge on any atom is -0.331 e. The highest BCUT2D eigenvalue weighted by Crippen LogP contribution is 2.19. The van der Waals surface area contributed by atoms with Crippen molar-refractivity contribution in [2.24, 2.45) is 0 Å². The van der Waals surface area contributed by atoms with E-state index in [2.05, 4.69) is 37.2 Å². The number of nitrogens with zero attached hydrogens (tertiary/aromatic N) is 1. The zero-order valence-corrected chi connectivity index (χ0v) is 15.7. The third kappa shape index (κ3) is 4.58. The van der Waals surface area contributed by atoms with Crippen LogP contribution in [0, 0.1) is 0 Å². The molecule has 2 aromatic carbocycles. The van der Waals surface area contributed by atoms with Gasteiger partial charge in [-0.15, -0.1) is 0 Å². The molecule has 0 radical (unpaired) electrons. The predicted molar refractivity (Wildman–Crippen MR) is 96.7 cm³/mol. The summed E-state index contributed by atoms with van der Waals surface area (Å²) in [6, 6.07) is 15.7. The monoisotopic (exact) mass is 424 g/mol. The van der Waals surface area contributed by atoms with Crippen molar-refractivity contribution in [3.05, 3.63) is 68.6 Å². The molecule has 0 aliphatic heterocycles. The summed E-state index contributed by atoms with van der Waals surface area (Å²) in [4.78, 5) is 14.0. The smallest absolute Gasteiger partial charge is 0.317 e. The molecular weight excluding hydrogens is 408 g/mol. The van der Waals surface area contributed by atoms with Gasteiger partial charge in [-0.05, 0) is 36.2 Å². The fourth-order valence-electron chi connectivity index (χ4n) is 2.08. The first-order chi connectivity index (χ1) is 10.5. The zero-order chi connectivity index (χ0) is 16.1. The summed E-state index contributed by atoms with van der Waals surface area (Å²) in [7, 11) is 1.79. The summed E-state index contributed by atoms with van der Waals surface area (Å²) in [5.41, 5.74) is 2.15. The highest BCUT2D eigenvalue weighted by molar-refractivity contribution is 9.10. The molecular formula is C17H18Br2N2O. The molecule has 0 aliphatic carbocycles. The Morgan fingerprint density at radius 3 is 2.41 bits per heavy atom. The van der Waals surface area contributed by atoms with Crippen LogP contribution in [0.15, 0.2) is 57.5 Å². The Bertz CT molecular complexity index is 643. The third-order valence-electron chi connectivity index (χ3n) is 3.42. The zero-order valence-electron chi connectivity index (χ0n) is 12.5. The van der Waals surface area contributed by atoms with Gasteiger partial charge < -0.3 is 10.2 Å². The van der Waals surface area contributed by atoms with Crippen LogP contribution in [0.25, 0.3) is 0 Å². The molecule has 1 N–H and O–H groups in total. The van der Waals surface area contributed by atoms with Crippen molar-refractivity contribution in [3.63, 3.8) is 0 Å². The van der Waals surface area contributed by atoms with E-state index >= 15 is 0 Å². The molecule has 0 aliphatic rings. The van der Waals surface area contributed by atoms with Crippen molar-refractivity contribution in [3.8, 4) is 0 Å². The molecule has 1 unspecified atom stereocenters. The molecule has 0 saturated heterocycles. The first kappa shape index (κ1) is 17.0. The standard InChI is InChI=1S/C17H18Br2N2O/c1-12(13-7-9-15(18)10-8-13)20-17(22)21(2)11-14-5-3-4-6-16(14)19/h3-10,12H,11H2,1-2H3,(H,20,22). The Balaban J connectivity index is 1.96. The lowest BCUT2D eigenvalue weighted by Gasteiger charge is -2.22. The number of carbonyl (C=O) groups excluding carboxylic acids is 1. The van der Waals surface area contributed by atoms with Crippen LogP contribution in [0.4, 0.5) is 4.79 Å². The maximum atomic E-state index is 12.3. The number of rotatable bonds is 4. The predicted octanol–water partition coefficient (Wildman–Crippen LogP) is 5.11. The van der Waals surface area contributed by atoms with Crippen LogP contribution in [0.3, 0.4) is 0 Å². The molecule has 22 heavy (non-hydrogen) atoms. The van der Waals surface area contributed by atoms with Crippen LogP contribution in [-0.4, -0.2) is 18.0 Å². The molecule has 0 saturated carbocycles. The molecule has 0 aromatic heterocycles. The van der Waals surface area contributed by atoms with Crippen molar-refractivity contribution in [2.45, 2.75) is 19.5 Å². The van der Waals surface area contributed by atoms with Crippen molar-refractivity contribution >= 4 is 37.9 Å². The minimum absolute atomic E-state index is 0.0396. The third-order valence-corrected chi connectivity index (χ3v) is 4.72. The van der Waals surface area contributed by atoms with Gasteiger partial charge in [0, 0.05) is 22.5 Å². The van der Waals surface area contributed by atoms with Crippen LogP contribution in [0.2, 0.25) is 0 Å². The molecule has 2 rings (SSSR count). The second-order valence-corrected chi connectivity index (χ2v) is 6.94. The fraction of sp³-hybridized carbons (Fsp3) is 0.235. The molecule has 0 heterocycles. The molecule has 1 atom stereocenters. The van der Waals surface area contributed by atoms with Gasteiger partial charge in [-0.1, -0.05) is 62.2 Å². The summed E-state index contributed by atoms with van der Waals surface area (Å²) in [5, 5.41) is 3.01. The summed E-state index contributed by atoms with van der Waals surface area (Å²) in [6.07, 6.45) is 0. The van der Waals surface area contributed by atoms with Gasteiger partial charge in [0.25, 0.3) is 0 Å². The number of amides is 2. The average molecular weight is 426 g/mol. The number of carbonyl (C=O) groups is 1.